The number of anilines is 1. The topological polar surface area (TPSA) is 96.4 Å². The van der Waals surface area contributed by atoms with Crippen LogP contribution >= 0.6 is 0 Å². The van der Waals surface area contributed by atoms with Crippen molar-refractivity contribution >= 4 is 22.1 Å². The third-order valence-corrected chi connectivity index (χ3v) is 6.09. The van der Waals surface area contributed by atoms with Crippen molar-refractivity contribution in [2.75, 3.05) is 17.4 Å². The molecule has 2 aromatic rings. The van der Waals surface area contributed by atoms with Gasteiger partial charge in [-0.15, -0.1) is 0 Å². The molecule has 1 N–H and O–H groups in total. The maximum absolute atomic E-state index is 13.3. The molecule has 1 aliphatic rings. The molecule has 0 radical (unpaired) electrons. The molecule has 1 fully saturated rings. The fourth-order valence-electron chi connectivity index (χ4n) is 3.62. The largest absolute Gasteiger partial charge is 0.489 e. The number of carbonyl (C=O) groups is 1. The Balaban J connectivity index is 1.65. The van der Waals surface area contributed by atoms with E-state index in [1.54, 1.807) is 45.0 Å². The molecule has 1 heterocycles. The van der Waals surface area contributed by atoms with Crippen LogP contribution in [0.3, 0.4) is 0 Å². The molecular weight excluding hydrogens is 451 g/mol. The number of nitrogens with zero attached hydrogens (tertiary/aromatic N) is 2. The maximum Gasteiger partial charge on any atom is 0.410 e. The lowest BCUT2D eigenvalue weighted by atomic mass is 10.0. The lowest BCUT2D eigenvalue weighted by Gasteiger charge is -2.38. The summed E-state index contributed by atoms with van der Waals surface area (Å²) >= 11 is 0. The number of hydrogen-bond acceptors (Lipinski definition) is 5. The fourth-order valence-corrected chi connectivity index (χ4v) is 4.60. The summed E-state index contributed by atoms with van der Waals surface area (Å²) in [4.78, 5) is 13.8. The second-order valence-corrected chi connectivity index (χ2v) is 10.2. The van der Waals surface area contributed by atoms with Crippen LogP contribution in [0.25, 0.3) is 0 Å². The normalized spacial score (nSPS) is 15.2. The lowest BCUT2D eigenvalue weighted by Crippen LogP contribution is -2.49. The zero-order valence-corrected chi connectivity index (χ0v) is 19.7. The summed E-state index contributed by atoms with van der Waals surface area (Å²) in [5.41, 5.74) is 0.328. The number of ether oxygens (including phenoxy) is 2. The van der Waals surface area contributed by atoms with Gasteiger partial charge >= 0.3 is 16.4 Å². The minimum absolute atomic E-state index is 0.155. The van der Waals surface area contributed by atoms with Crippen LogP contribution in [0.2, 0.25) is 0 Å². The molecule has 0 spiro atoms. The van der Waals surface area contributed by atoms with Crippen molar-refractivity contribution in [2.24, 2.45) is 0 Å². The van der Waals surface area contributed by atoms with Crippen LogP contribution in [-0.4, -0.2) is 48.7 Å². The monoisotopic (exact) mass is 480 g/mol. The van der Waals surface area contributed by atoms with Gasteiger partial charge in [-0.25, -0.2) is 13.5 Å². The van der Waals surface area contributed by atoms with Gasteiger partial charge in [0.05, 0.1) is 11.7 Å². The minimum atomic E-state index is -4.54. The summed E-state index contributed by atoms with van der Waals surface area (Å²) in [6.07, 6.45) is 0.243. The fraction of sp³-hybridized carbons (Fsp3) is 0.435. The zero-order chi connectivity index (χ0) is 24.2. The third-order valence-electron chi connectivity index (χ3n) is 5.08. The molecule has 0 saturated carbocycles. The summed E-state index contributed by atoms with van der Waals surface area (Å²) in [7, 11) is -4.54. The van der Waals surface area contributed by atoms with Gasteiger partial charge in [0, 0.05) is 13.1 Å². The molecule has 1 amide bonds. The van der Waals surface area contributed by atoms with Crippen LogP contribution in [0.4, 0.5) is 14.9 Å². The molecule has 0 unspecified atom stereocenters. The Kier molecular flexibility index (Phi) is 7.48. The first-order valence-electron chi connectivity index (χ1n) is 10.6. The molecule has 1 saturated heterocycles. The number of halogens is 1. The summed E-state index contributed by atoms with van der Waals surface area (Å²) in [6, 6.07) is 11.8. The minimum Gasteiger partial charge on any atom is -0.489 e. The molecule has 33 heavy (non-hydrogen) atoms. The van der Waals surface area contributed by atoms with E-state index in [1.807, 2.05) is 0 Å². The van der Waals surface area contributed by atoms with Gasteiger partial charge in [-0.05, 0) is 75.6 Å². The number of carbonyl (C=O) groups excluding carboxylic acids is 1. The van der Waals surface area contributed by atoms with Crippen molar-refractivity contribution in [3.8, 4) is 5.75 Å². The maximum atomic E-state index is 13.3. The molecule has 180 valence electrons. The van der Waals surface area contributed by atoms with Crippen LogP contribution < -0.4 is 9.04 Å². The Bertz CT molecular complexity index is 1060. The molecule has 10 heteroatoms. The Labute approximate surface area is 193 Å². The van der Waals surface area contributed by atoms with Crippen molar-refractivity contribution in [1.29, 1.82) is 0 Å². The van der Waals surface area contributed by atoms with Crippen molar-refractivity contribution in [2.45, 2.75) is 51.9 Å². The van der Waals surface area contributed by atoms with Gasteiger partial charge in [-0.3, -0.25) is 4.55 Å². The number of benzene rings is 2. The molecule has 0 bridgehead atoms. The molecule has 3 rings (SSSR count). The average Bonchev–Trinajstić information content (AvgIpc) is 2.72. The van der Waals surface area contributed by atoms with Gasteiger partial charge in [0.15, 0.2) is 0 Å². The van der Waals surface area contributed by atoms with Gasteiger partial charge in [-0.1, -0.05) is 12.1 Å². The Morgan fingerprint density at radius 3 is 2.33 bits per heavy atom. The summed E-state index contributed by atoms with van der Waals surface area (Å²) < 4.78 is 59.5. The first-order chi connectivity index (χ1) is 15.4. The zero-order valence-electron chi connectivity index (χ0n) is 18.9. The van der Waals surface area contributed by atoms with Crippen LogP contribution in [-0.2, 0) is 21.6 Å². The van der Waals surface area contributed by atoms with E-state index >= 15 is 0 Å². The first kappa shape index (κ1) is 24.8. The van der Waals surface area contributed by atoms with Crippen molar-refractivity contribution < 1.29 is 31.6 Å². The molecule has 8 nitrogen and oxygen atoms in total. The number of likely N-dealkylation sites (tertiary alicyclic amines) is 1. The summed E-state index contributed by atoms with van der Waals surface area (Å²) in [5, 5.41) is 0. The van der Waals surface area contributed by atoms with E-state index in [1.165, 1.54) is 29.2 Å². The highest BCUT2D eigenvalue weighted by atomic mass is 32.2. The lowest BCUT2D eigenvalue weighted by molar-refractivity contribution is 0.0207. The van der Waals surface area contributed by atoms with Crippen LogP contribution in [0.5, 0.6) is 5.75 Å². The van der Waals surface area contributed by atoms with E-state index in [4.69, 9.17) is 9.47 Å². The standard InChI is InChI=1S/C23H29FN2O6S/c1-23(2,3)32-22(27)25-13-11-20(12-14-25)26(33(28,29)30)19-7-9-21(10-8-19)31-16-17-5-4-6-18(24)15-17/h4-10,15,20H,11-14,16H2,1-3H3,(H,28,29,30). The van der Waals surface area contributed by atoms with E-state index in [0.717, 1.165) is 4.31 Å². The van der Waals surface area contributed by atoms with Crippen LogP contribution in [0.15, 0.2) is 48.5 Å². The Hall–Kier alpha value is -2.85. The van der Waals surface area contributed by atoms with Gasteiger partial charge in [0.25, 0.3) is 0 Å². The van der Waals surface area contributed by atoms with Crippen molar-refractivity contribution in [3.63, 3.8) is 0 Å². The van der Waals surface area contributed by atoms with Gasteiger partial charge < -0.3 is 14.4 Å². The number of piperidine rings is 1. The van der Waals surface area contributed by atoms with Crippen molar-refractivity contribution in [3.05, 3.63) is 59.9 Å². The smallest absolute Gasteiger partial charge is 0.410 e. The number of rotatable bonds is 6. The van der Waals surface area contributed by atoms with Gasteiger partial charge in [-0.2, -0.15) is 8.42 Å². The predicted molar refractivity (Wildman–Crippen MR) is 122 cm³/mol. The molecular formula is C23H29FN2O6S. The predicted octanol–water partition coefficient (Wildman–Crippen LogP) is 4.41. The van der Waals surface area contributed by atoms with Crippen molar-refractivity contribution in [1.82, 2.24) is 4.90 Å². The first-order valence-corrected chi connectivity index (χ1v) is 12.0. The number of amides is 1. The second kappa shape index (κ2) is 9.96. The highest BCUT2D eigenvalue weighted by Crippen LogP contribution is 2.29. The van der Waals surface area contributed by atoms with E-state index < -0.39 is 28.0 Å². The molecule has 1 aliphatic heterocycles. The highest BCUT2D eigenvalue weighted by Gasteiger charge is 2.34. The molecule has 2 aromatic carbocycles. The average molecular weight is 481 g/mol. The second-order valence-electron chi connectivity index (χ2n) is 8.88. The number of hydrogen-bond donors (Lipinski definition) is 1. The summed E-state index contributed by atoms with van der Waals surface area (Å²) in [5.74, 6) is 0.117. The third kappa shape index (κ3) is 7.06. The quantitative estimate of drug-likeness (QED) is 0.615. The van der Waals surface area contributed by atoms with E-state index in [-0.39, 0.29) is 18.1 Å². The Morgan fingerprint density at radius 2 is 1.79 bits per heavy atom. The summed E-state index contributed by atoms with van der Waals surface area (Å²) in [6.45, 7) is 6.11. The van der Waals surface area contributed by atoms with Crippen LogP contribution in [0, 0.1) is 5.82 Å². The molecule has 0 aliphatic carbocycles. The van der Waals surface area contributed by atoms with Crippen LogP contribution in [0.1, 0.15) is 39.2 Å². The SMILES string of the molecule is CC(C)(C)OC(=O)N1CCC(N(c2ccc(OCc3cccc(F)c3)cc2)S(=O)(=O)O)CC1. The Morgan fingerprint density at radius 1 is 1.15 bits per heavy atom. The van der Waals surface area contributed by atoms with E-state index in [0.29, 0.717) is 37.2 Å². The van der Waals surface area contributed by atoms with E-state index in [9.17, 15) is 22.2 Å². The molecule has 0 aromatic heterocycles. The molecule has 0 atom stereocenters. The van der Waals surface area contributed by atoms with Gasteiger partial charge in [0.1, 0.15) is 23.8 Å². The van der Waals surface area contributed by atoms with E-state index in [2.05, 4.69) is 0 Å². The van der Waals surface area contributed by atoms with Gasteiger partial charge in [0.2, 0.25) is 0 Å². The highest BCUT2D eigenvalue weighted by molar-refractivity contribution is 7.87.